The van der Waals surface area contributed by atoms with Gasteiger partial charge < -0.3 is 5.32 Å². The van der Waals surface area contributed by atoms with E-state index in [4.69, 9.17) is 4.98 Å². The Kier molecular flexibility index (Phi) is 4.95. The monoisotopic (exact) mass is 368 g/mol. The molecule has 134 valence electrons. The van der Waals surface area contributed by atoms with Crippen LogP contribution in [0.4, 0.5) is 15.3 Å². The molecule has 1 unspecified atom stereocenters. The molecule has 3 heterocycles. The van der Waals surface area contributed by atoms with Gasteiger partial charge in [-0.05, 0) is 44.5 Å². The number of thiazole rings is 1. The fourth-order valence-electron chi connectivity index (χ4n) is 3.42. The number of anilines is 2. The van der Waals surface area contributed by atoms with Crippen LogP contribution in [0.1, 0.15) is 35.0 Å². The second kappa shape index (κ2) is 7.51. The first kappa shape index (κ1) is 17.1. The zero-order chi connectivity index (χ0) is 17.9. The highest BCUT2D eigenvalue weighted by Crippen LogP contribution is 2.33. The molecule has 0 amide bonds. The Morgan fingerprint density at radius 3 is 2.92 bits per heavy atom. The van der Waals surface area contributed by atoms with Crippen molar-refractivity contribution in [3.63, 3.8) is 0 Å². The van der Waals surface area contributed by atoms with Gasteiger partial charge in [0.1, 0.15) is 11.6 Å². The van der Waals surface area contributed by atoms with Gasteiger partial charge in [0.05, 0.1) is 11.7 Å². The van der Waals surface area contributed by atoms with Crippen LogP contribution in [0.15, 0.2) is 48.7 Å². The number of likely N-dealkylation sites (tertiary alicyclic amines) is 1. The summed E-state index contributed by atoms with van der Waals surface area (Å²) < 4.78 is 14.0. The van der Waals surface area contributed by atoms with Gasteiger partial charge in [-0.25, -0.2) is 14.4 Å². The lowest BCUT2D eigenvalue weighted by Crippen LogP contribution is -2.24. The molecule has 0 radical (unpaired) electrons. The second-order valence-corrected chi connectivity index (χ2v) is 7.80. The molecule has 1 aliphatic rings. The van der Waals surface area contributed by atoms with E-state index in [-0.39, 0.29) is 11.9 Å². The lowest BCUT2D eigenvalue weighted by molar-refractivity contribution is 0.241. The van der Waals surface area contributed by atoms with Crippen molar-refractivity contribution < 1.29 is 4.39 Å². The molecule has 1 fully saturated rings. The number of benzene rings is 1. The van der Waals surface area contributed by atoms with Gasteiger partial charge >= 0.3 is 0 Å². The normalized spacial score (nSPS) is 17.5. The maximum absolute atomic E-state index is 14.0. The number of aromatic nitrogens is 2. The Morgan fingerprint density at radius 1 is 1.23 bits per heavy atom. The number of halogens is 1. The molecule has 1 atom stereocenters. The summed E-state index contributed by atoms with van der Waals surface area (Å²) in [4.78, 5) is 12.6. The Bertz CT molecular complexity index is 895. The molecule has 4 nitrogen and oxygen atoms in total. The molecule has 26 heavy (non-hydrogen) atoms. The highest BCUT2D eigenvalue weighted by Gasteiger charge is 2.27. The fraction of sp³-hybridized carbons (Fsp3) is 0.300. The van der Waals surface area contributed by atoms with Crippen molar-refractivity contribution in [3.05, 3.63) is 70.6 Å². The van der Waals surface area contributed by atoms with Crippen LogP contribution in [0.5, 0.6) is 0 Å². The Balaban J connectivity index is 1.52. The van der Waals surface area contributed by atoms with E-state index in [0.717, 1.165) is 46.5 Å². The van der Waals surface area contributed by atoms with Gasteiger partial charge in [-0.3, -0.25) is 4.90 Å². The largest absolute Gasteiger partial charge is 0.316 e. The molecule has 1 saturated heterocycles. The first-order valence-corrected chi connectivity index (χ1v) is 9.64. The Morgan fingerprint density at radius 2 is 2.12 bits per heavy atom. The lowest BCUT2D eigenvalue weighted by atomic mass is 10.1. The van der Waals surface area contributed by atoms with Crippen LogP contribution in [0.2, 0.25) is 0 Å². The minimum atomic E-state index is -0.138. The quantitative estimate of drug-likeness (QED) is 0.683. The second-order valence-electron chi connectivity index (χ2n) is 6.57. The average molecular weight is 368 g/mol. The number of nitrogens with zero attached hydrogens (tertiary/aromatic N) is 3. The maximum atomic E-state index is 14.0. The van der Waals surface area contributed by atoms with E-state index in [1.165, 1.54) is 6.07 Å². The topological polar surface area (TPSA) is 41.1 Å². The van der Waals surface area contributed by atoms with Crippen LogP contribution in [-0.4, -0.2) is 21.4 Å². The van der Waals surface area contributed by atoms with E-state index in [1.54, 1.807) is 17.4 Å². The predicted molar refractivity (Wildman–Crippen MR) is 103 cm³/mol. The molecule has 2 aromatic heterocycles. The third kappa shape index (κ3) is 3.76. The lowest BCUT2D eigenvalue weighted by Gasteiger charge is -2.24. The Labute approximate surface area is 156 Å². The van der Waals surface area contributed by atoms with Crippen LogP contribution in [0.25, 0.3) is 0 Å². The van der Waals surface area contributed by atoms with E-state index in [1.807, 2.05) is 37.4 Å². The van der Waals surface area contributed by atoms with Crippen molar-refractivity contribution in [2.24, 2.45) is 0 Å². The van der Waals surface area contributed by atoms with Gasteiger partial charge in [0, 0.05) is 23.2 Å². The molecule has 0 bridgehead atoms. The molecular formula is C20H21FN4S. The van der Waals surface area contributed by atoms with Gasteiger partial charge in [0.15, 0.2) is 5.13 Å². The van der Waals surface area contributed by atoms with E-state index in [0.29, 0.717) is 6.54 Å². The molecular weight excluding hydrogens is 347 g/mol. The summed E-state index contributed by atoms with van der Waals surface area (Å²) in [5.74, 6) is 0.662. The minimum Gasteiger partial charge on any atom is -0.316 e. The molecule has 0 spiro atoms. The number of hydrogen-bond acceptors (Lipinski definition) is 5. The van der Waals surface area contributed by atoms with Crippen LogP contribution in [0.3, 0.4) is 0 Å². The number of rotatable bonds is 5. The summed E-state index contributed by atoms with van der Waals surface area (Å²) in [7, 11) is 0. The summed E-state index contributed by atoms with van der Waals surface area (Å²) in [5, 5.41) is 4.13. The first-order valence-electron chi connectivity index (χ1n) is 8.83. The van der Waals surface area contributed by atoms with Crippen molar-refractivity contribution in [1.29, 1.82) is 0 Å². The maximum Gasteiger partial charge on any atom is 0.188 e. The average Bonchev–Trinajstić information content (AvgIpc) is 3.26. The molecule has 1 aliphatic heterocycles. The van der Waals surface area contributed by atoms with E-state index in [2.05, 4.69) is 21.3 Å². The van der Waals surface area contributed by atoms with E-state index >= 15 is 0 Å². The van der Waals surface area contributed by atoms with Gasteiger partial charge in [-0.1, -0.05) is 24.3 Å². The summed E-state index contributed by atoms with van der Waals surface area (Å²) in [6.07, 6.45) is 4.00. The number of nitrogens with one attached hydrogen (secondary N) is 1. The standard InChI is InChI=1S/C20H21FN4S/c1-14-12-22-20(26-14)24-19-10-4-8-17(23-19)18-9-5-11-25(18)13-15-6-2-3-7-16(15)21/h2-4,6-8,10,12,18H,5,9,11,13H2,1H3,(H,22,23,24). The number of pyridine rings is 1. The third-order valence-electron chi connectivity index (χ3n) is 4.66. The fourth-order valence-corrected chi connectivity index (χ4v) is 4.10. The third-order valence-corrected chi connectivity index (χ3v) is 5.49. The van der Waals surface area contributed by atoms with Crippen molar-refractivity contribution in [3.8, 4) is 0 Å². The zero-order valence-corrected chi connectivity index (χ0v) is 15.5. The molecule has 0 aliphatic carbocycles. The van der Waals surface area contributed by atoms with Crippen molar-refractivity contribution in [2.75, 3.05) is 11.9 Å². The van der Waals surface area contributed by atoms with Crippen molar-refractivity contribution in [2.45, 2.75) is 32.4 Å². The van der Waals surface area contributed by atoms with Crippen molar-refractivity contribution >= 4 is 22.3 Å². The van der Waals surface area contributed by atoms with Crippen LogP contribution in [0, 0.1) is 12.7 Å². The summed E-state index contributed by atoms with van der Waals surface area (Å²) in [6.45, 7) is 3.61. The molecule has 0 saturated carbocycles. The Hall–Kier alpha value is -2.31. The number of aryl methyl sites for hydroxylation is 1. The van der Waals surface area contributed by atoms with Crippen molar-refractivity contribution in [1.82, 2.24) is 14.9 Å². The highest BCUT2D eigenvalue weighted by molar-refractivity contribution is 7.15. The zero-order valence-electron chi connectivity index (χ0n) is 14.7. The predicted octanol–water partition coefficient (Wildman–Crippen LogP) is 5.07. The van der Waals surface area contributed by atoms with Gasteiger partial charge in [-0.2, -0.15) is 0 Å². The molecule has 3 aromatic rings. The van der Waals surface area contributed by atoms with Crippen LogP contribution >= 0.6 is 11.3 Å². The SMILES string of the molecule is Cc1cnc(Nc2cccc(C3CCCN3Cc3ccccc3F)n2)s1. The highest BCUT2D eigenvalue weighted by atomic mass is 32.1. The van der Waals surface area contributed by atoms with E-state index in [9.17, 15) is 4.39 Å². The van der Waals surface area contributed by atoms with Gasteiger partial charge in [0.2, 0.25) is 0 Å². The molecule has 1 N–H and O–H groups in total. The molecule has 1 aromatic carbocycles. The van der Waals surface area contributed by atoms with Crippen LogP contribution < -0.4 is 5.32 Å². The minimum absolute atomic E-state index is 0.138. The summed E-state index contributed by atoms with van der Waals surface area (Å²) in [6, 6.07) is 13.3. The number of hydrogen-bond donors (Lipinski definition) is 1. The smallest absolute Gasteiger partial charge is 0.188 e. The summed E-state index contributed by atoms with van der Waals surface area (Å²) in [5.41, 5.74) is 1.77. The van der Waals surface area contributed by atoms with Gasteiger partial charge in [-0.15, -0.1) is 11.3 Å². The first-order chi connectivity index (χ1) is 12.7. The molecule has 6 heteroatoms. The van der Waals surface area contributed by atoms with Gasteiger partial charge in [0.25, 0.3) is 0 Å². The summed E-state index contributed by atoms with van der Waals surface area (Å²) >= 11 is 1.61. The van der Waals surface area contributed by atoms with Crippen LogP contribution in [-0.2, 0) is 6.54 Å². The molecule has 4 rings (SSSR count). The van der Waals surface area contributed by atoms with E-state index < -0.39 is 0 Å².